The molecule has 1 aliphatic rings. The molecule has 1 fully saturated rings. The van der Waals surface area contributed by atoms with Crippen molar-refractivity contribution >= 4 is 5.91 Å². The van der Waals surface area contributed by atoms with Gasteiger partial charge >= 0.3 is 0 Å². The van der Waals surface area contributed by atoms with Crippen LogP contribution in [0.3, 0.4) is 0 Å². The topological polar surface area (TPSA) is 56.2 Å². The van der Waals surface area contributed by atoms with E-state index in [1.54, 1.807) is 11.6 Å². The highest BCUT2D eigenvalue weighted by Crippen LogP contribution is 2.21. The minimum Gasteiger partial charge on any atom is -0.463 e. The van der Waals surface area contributed by atoms with Gasteiger partial charge in [-0.1, -0.05) is 18.2 Å². The summed E-state index contributed by atoms with van der Waals surface area (Å²) < 4.78 is 7.45. The van der Waals surface area contributed by atoms with Crippen LogP contribution in [0.1, 0.15) is 25.3 Å². The number of carbonyl (C=O) groups is 1. The summed E-state index contributed by atoms with van der Waals surface area (Å²) in [6.45, 7) is 3.67. The van der Waals surface area contributed by atoms with Crippen molar-refractivity contribution in [2.45, 2.75) is 38.8 Å². The van der Waals surface area contributed by atoms with E-state index in [1.165, 1.54) is 0 Å². The zero-order valence-electron chi connectivity index (χ0n) is 12.2. The average molecular weight is 285 g/mol. The van der Waals surface area contributed by atoms with Gasteiger partial charge in [-0.05, 0) is 38.8 Å². The van der Waals surface area contributed by atoms with Crippen LogP contribution in [-0.4, -0.2) is 27.8 Å². The van der Waals surface area contributed by atoms with Gasteiger partial charge in [0.15, 0.2) is 6.10 Å². The maximum atomic E-state index is 11.9. The van der Waals surface area contributed by atoms with Gasteiger partial charge in [0, 0.05) is 17.8 Å². The number of hydrogen-bond acceptors (Lipinski definition) is 3. The highest BCUT2D eigenvalue weighted by atomic mass is 16.5. The summed E-state index contributed by atoms with van der Waals surface area (Å²) in [7, 11) is 0. The van der Waals surface area contributed by atoms with E-state index in [2.05, 4.69) is 10.4 Å². The van der Waals surface area contributed by atoms with E-state index in [0.717, 1.165) is 24.1 Å². The molecule has 0 aliphatic heterocycles. The Balaban J connectivity index is 1.70. The SMILES string of the molecule is Cc1cn(-c2ccccc2)nc1OC(C)C(=O)NC1CC1. The summed E-state index contributed by atoms with van der Waals surface area (Å²) in [6, 6.07) is 10.2. The molecular formula is C16H19N3O2. The van der Waals surface area contributed by atoms with Gasteiger partial charge in [-0.2, -0.15) is 0 Å². The van der Waals surface area contributed by atoms with Crippen LogP contribution in [0.5, 0.6) is 5.88 Å². The zero-order valence-corrected chi connectivity index (χ0v) is 12.2. The predicted molar refractivity (Wildman–Crippen MR) is 79.6 cm³/mol. The Hall–Kier alpha value is -2.30. The van der Waals surface area contributed by atoms with Crippen LogP contribution in [0.25, 0.3) is 5.69 Å². The molecule has 1 saturated carbocycles. The molecule has 3 rings (SSSR count). The molecule has 0 saturated heterocycles. The average Bonchev–Trinajstić information content (AvgIpc) is 3.23. The lowest BCUT2D eigenvalue weighted by molar-refractivity contribution is -0.127. The van der Waals surface area contributed by atoms with Crippen LogP contribution in [0.4, 0.5) is 0 Å². The van der Waals surface area contributed by atoms with Crippen molar-refractivity contribution in [1.82, 2.24) is 15.1 Å². The molecule has 1 amide bonds. The Morgan fingerprint density at radius 1 is 1.38 bits per heavy atom. The molecule has 5 nitrogen and oxygen atoms in total. The first kappa shape index (κ1) is 13.7. The molecule has 1 heterocycles. The molecule has 0 bridgehead atoms. The van der Waals surface area contributed by atoms with E-state index in [0.29, 0.717) is 11.9 Å². The van der Waals surface area contributed by atoms with Crippen molar-refractivity contribution in [2.24, 2.45) is 0 Å². The monoisotopic (exact) mass is 285 g/mol. The largest absolute Gasteiger partial charge is 0.463 e. The van der Waals surface area contributed by atoms with Crippen LogP contribution in [0.2, 0.25) is 0 Å². The Morgan fingerprint density at radius 2 is 2.10 bits per heavy atom. The third-order valence-electron chi connectivity index (χ3n) is 3.45. The van der Waals surface area contributed by atoms with Gasteiger partial charge in [0.2, 0.25) is 5.88 Å². The zero-order chi connectivity index (χ0) is 14.8. The Kier molecular flexibility index (Phi) is 3.64. The van der Waals surface area contributed by atoms with Gasteiger partial charge in [0.1, 0.15) is 0 Å². The first-order chi connectivity index (χ1) is 10.1. The molecule has 0 spiro atoms. The number of ether oxygens (including phenoxy) is 1. The molecule has 1 aromatic carbocycles. The first-order valence-corrected chi connectivity index (χ1v) is 7.22. The van der Waals surface area contributed by atoms with Crippen molar-refractivity contribution in [3.05, 3.63) is 42.1 Å². The first-order valence-electron chi connectivity index (χ1n) is 7.22. The minimum absolute atomic E-state index is 0.0776. The molecule has 1 atom stereocenters. The molecule has 0 radical (unpaired) electrons. The third kappa shape index (κ3) is 3.24. The van der Waals surface area contributed by atoms with Crippen molar-refractivity contribution in [1.29, 1.82) is 0 Å². The van der Waals surface area contributed by atoms with Crippen molar-refractivity contribution in [2.75, 3.05) is 0 Å². The number of carbonyl (C=O) groups excluding carboxylic acids is 1. The lowest BCUT2D eigenvalue weighted by atomic mass is 10.3. The van der Waals surface area contributed by atoms with Gasteiger partial charge in [-0.3, -0.25) is 4.79 Å². The van der Waals surface area contributed by atoms with E-state index in [4.69, 9.17) is 4.74 Å². The van der Waals surface area contributed by atoms with Gasteiger partial charge < -0.3 is 10.1 Å². The lowest BCUT2D eigenvalue weighted by Crippen LogP contribution is -2.37. The van der Waals surface area contributed by atoms with Crippen molar-refractivity contribution in [3.8, 4) is 11.6 Å². The summed E-state index contributed by atoms with van der Waals surface area (Å²) in [5.41, 5.74) is 1.87. The minimum atomic E-state index is -0.538. The normalized spacial score (nSPS) is 15.5. The second kappa shape index (κ2) is 5.60. The van der Waals surface area contributed by atoms with Crippen molar-refractivity contribution < 1.29 is 9.53 Å². The molecule has 1 unspecified atom stereocenters. The van der Waals surface area contributed by atoms with Crippen molar-refractivity contribution in [3.63, 3.8) is 0 Å². The smallest absolute Gasteiger partial charge is 0.261 e. The number of aromatic nitrogens is 2. The van der Waals surface area contributed by atoms with Gasteiger partial charge in [0.25, 0.3) is 5.91 Å². The van der Waals surface area contributed by atoms with E-state index in [1.807, 2.05) is 43.5 Å². The molecule has 1 N–H and O–H groups in total. The number of hydrogen-bond donors (Lipinski definition) is 1. The number of rotatable bonds is 5. The summed E-state index contributed by atoms with van der Waals surface area (Å²) in [6.07, 6.45) is 3.50. The third-order valence-corrected chi connectivity index (χ3v) is 3.45. The summed E-state index contributed by atoms with van der Waals surface area (Å²) in [5, 5.41) is 7.34. The summed E-state index contributed by atoms with van der Waals surface area (Å²) in [4.78, 5) is 11.9. The number of aryl methyl sites for hydroxylation is 1. The molecule has 1 aliphatic carbocycles. The van der Waals surface area contributed by atoms with Crippen LogP contribution in [-0.2, 0) is 4.79 Å². The van der Waals surface area contributed by atoms with Gasteiger partial charge in [-0.25, -0.2) is 4.68 Å². The maximum Gasteiger partial charge on any atom is 0.261 e. The van der Waals surface area contributed by atoms with Crippen LogP contribution < -0.4 is 10.1 Å². The predicted octanol–water partition coefficient (Wildman–Crippen LogP) is 2.23. The Morgan fingerprint density at radius 3 is 2.76 bits per heavy atom. The van der Waals surface area contributed by atoms with E-state index < -0.39 is 6.10 Å². The summed E-state index contributed by atoms with van der Waals surface area (Å²) in [5.74, 6) is 0.420. The maximum absolute atomic E-state index is 11.9. The quantitative estimate of drug-likeness (QED) is 0.916. The molecule has 5 heteroatoms. The lowest BCUT2D eigenvalue weighted by Gasteiger charge is -2.13. The number of para-hydroxylation sites is 1. The molecule has 21 heavy (non-hydrogen) atoms. The van der Waals surface area contributed by atoms with E-state index in [9.17, 15) is 4.79 Å². The Bertz CT molecular complexity index is 632. The van der Waals surface area contributed by atoms with Gasteiger partial charge in [-0.15, -0.1) is 5.10 Å². The number of benzene rings is 1. The fraction of sp³-hybridized carbons (Fsp3) is 0.375. The second-order valence-corrected chi connectivity index (χ2v) is 5.44. The highest BCUT2D eigenvalue weighted by molar-refractivity contribution is 5.81. The van der Waals surface area contributed by atoms with E-state index in [-0.39, 0.29) is 5.91 Å². The van der Waals surface area contributed by atoms with E-state index >= 15 is 0 Å². The molecule has 110 valence electrons. The molecule has 2 aromatic rings. The summed E-state index contributed by atoms with van der Waals surface area (Å²) >= 11 is 0. The van der Waals surface area contributed by atoms with Crippen LogP contribution in [0, 0.1) is 6.92 Å². The number of amides is 1. The fourth-order valence-corrected chi connectivity index (χ4v) is 2.04. The number of nitrogens with one attached hydrogen (secondary N) is 1. The fourth-order valence-electron chi connectivity index (χ4n) is 2.04. The van der Waals surface area contributed by atoms with Gasteiger partial charge in [0.05, 0.1) is 5.69 Å². The Labute approximate surface area is 123 Å². The standard InChI is InChI=1S/C16H19N3O2/c1-11-10-19(14-6-4-3-5-7-14)18-16(11)21-12(2)15(20)17-13-8-9-13/h3-7,10,12-13H,8-9H2,1-2H3,(H,17,20). The van der Waals surface area contributed by atoms with Crippen LogP contribution in [0.15, 0.2) is 36.5 Å². The molecule has 1 aromatic heterocycles. The second-order valence-electron chi connectivity index (χ2n) is 5.44. The molecular weight excluding hydrogens is 266 g/mol. The van der Waals surface area contributed by atoms with Crippen LogP contribution >= 0.6 is 0 Å². The highest BCUT2D eigenvalue weighted by Gasteiger charge is 2.27. The number of nitrogens with zero attached hydrogens (tertiary/aromatic N) is 2.